The van der Waals surface area contributed by atoms with Crippen molar-refractivity contribution in [1.82, 2.24) is 10.6 Å². The standard InChI is InChI=1S/C37H62N2O27/c1-10-21(48)25(52)26(53)35(58-10)63-30-20(39-12(3)45)33(64-31-23(50)17(8-42)60-32(55)27(31)54)61-18(9-43)28(30)62-34-24(51)16(4-13(6-40)59-34)65-37(36(56)57)5-14(46)19(38-11(2)44)29(66-37)22(49)15(47)7-41/h10,13-35,40-43,46-55H,4-9H2,1-3H3,(H,38,44)(H,39,45)(H,56,57)/t10-,13-,14-,15+,16-,17+,18+,19+,20+,21+,22+,23-,24+,25+,26-,27+,28+,29+,30+,31-,32+,33-,34-,35-,37+/m0/s1. The molecule has 29 nitrogen and oxygen atoms in total. The van der Waals surface area contributed by atoms with E-state index in [1.807, 2.05) is 0 Å². The number of amides is 2. The summed E-state index contributed by atoms with van der Waals surface area (Å²) in [7, 11) is 0. The normalized spacial score (nSPS) is 46.5. The van der Waals surface area contributed by atoms with Crippen molar-refractivity contribution in [2.45, 2.75) is 187 Å². The molecule has 0 aliphatic carbocycles. The van der Waals surface area contributed by atoms with E-state index in [2.05, 4.69) is 10.6 Å². The Hall–Kier alpha value is -2.51. The first-order chi connectivity index (χ1) is 31.0. The lowest BCUT2D eigenvalue weighted by molar-refractivity contribution is -0.388. The highest BCUT2D eigenvalue weighted by Crippen LogP contribution is 2.39. The molecule has 5 aliphatic rings. The molecule has 66 heavy (non-hydrogen) atoms. The van der Waals surface area contributed by atoms with Crippen LogP contribution in [0.5, 0.6) is 0 Å². The molecule has 382 valence electrons. The van der Waals surface area contributed by atoms with E-state index in [1.54, 1.807) is 0 Å². The molecule has 0 spiro atoms. The summed E-state index contributed by atoms with van der Waals surface area (Å²) < 4.78 is 52.2. The molecule has 0 aromatic heterocycles. The summed E-state index contributed by atoms with van der Waals surface area (Å²) >= 11 is 0. The summed E-state index contributed by atoms with van der Waals surface area (Å²) in [5, 5.41) is 164. The van der Waals surface area contributed by atoms with Crippen molar-refractivity contribution in [2.75, 3.05) is 26.4 Å². The third-order valence-corrected chi connectivity index (χ3v) is 11.9. The van der Waals surface area contributed by atoms with Gasteiger partial charge in [0.15, 0.2) is 25.2 Å². The molecule has 0 saturated carbocycles. The average Bonchev–Trinajstić information content (AvgIpc) is 3.27. The van der Waals surface area contributed by atoms with Crippen LogP contribution in [0.15, 0.2) is 0 Å². The minimum Gasteiger partial charge on any atom is -0.477 e. The first-order valence-electron chi connectivity index (χ1n) is 21.0. The van der Waals surface area contributed by atoms with Crippen LogP contribution in [0.2, 0.25) is 0 Å². The lowest BCUT2D eigenvalue weighted by atomic mass is 9.88. The molecule has 17 N–H and O–H groups in total. The van der Waals surface area contributed by atoms with Crippen molar-refractivity contribution in [2.24, 2.45) is 0 Å². The van der Waals surface area contributed by atoms with E-state index in [0.717, 1.165) is 13.8 Å². The molecule has 0 radical (unpaired) electrons. The molecule has 29 heteroatoms. The van der Waals surface area contributed by atoms with E-state index >= 15 is 0 Å². The number of hydrogen-bond donors (Lipinski definition) is 17. The summed E-state index contributed by atoms with van der Waals surface area (Å²) in [6.07, 6.45) is -42.6. The number of aliphatic carboxylic acids is 1. The number of carbonyl (C=O) groups excluding carboxylic acids is 2. The molecule has 5 heterocycles. The third kappa shape index (κ3) is 11.7. The van der Waals surface area contributed by atoms with E-state index in [-0.39, 0.29) is 0 Å². The number of ether oxygens (including phenoxy) is 9. The van der Waals surface area contributed by atoms with Crippen LogP contribution in [0.4, 0.5) is 0 Å². The Kier molecular flexibility index (Phi) is 18.9. The van der Waals surface area contributed by atoms with Gasteiger partial charge in [0.1, 0.15) is 91.5 Å². The minimum absolute atomic E-state index is 0.542. The van der Waals surface area contributed by atoms with Gasteiger partial charge in [-0.3, -0.25) is 9.59 Å². The zero-order valence-electron chi connectivity index (χ0n) is 35.7. The first-order valence-corrected chi connectivity index (χ1v) is 21.0. The Morgan fingerprint density at radius 1 is 0.667 bits per heavy atom. The zero-order valence-corrected chi connectivity index (χ0v) is 35.7. The van der Waals surface area contributed by atoms with Crippen LogP contribution in [0.25, 0.3) is 0 Å². The monoisotopic (exact) mass is 966 g/mol. The molecule has 5 rings (SSSR count). The van der Waals surface area contributed by atoms with Gasteiger partial charge in [0.05, 0.1) is 56.9 Å². The van der Waals surface area contributed by atoms with Crippen LogP contribution >= 0.6 is 0 Å². The highest BCUT2D eigenvalue weighted by Gasteiger charge is 2.60. The molecule has 0 aromatic carbocycles. The molecular weight excluding hydrogens is 904 g/mol. The Morgan fingerprint density at radius 2 is 1.26 bits per heavy atom. The van der Waals surface area contributed by atoms with Crippen LogP contribution in [-0.4, -0.2) is 274 Å². The van der Waals surface area contributed by atoms with Gasteiger partial charge in [-0.15, -0.1) is 0 Å². The van der Waals surface area contributed by atoms with Crippen molar-refractivity contribution in [3.8, 4) is 0 Å². The molecule has 25 atom stereocenters. The lowest BCUT2D eigenvalue weighted by Crippen LogP contribution is -2.71. The maximum Gasteiger partial charge on any atom is 0.364 e. The van der Waals surface area contributed by atoms with E-state index < -0.39 is 210 Å². The van der Waals surface area contributed by atoms with Crippen LogP contribution in [-0.2, 0) is 57.0 Å². The maximum absolute atomic E-state index is 13.0. The number of carboxylic acids is 1. The second-order valence-corrected chi connectivity index (χ2v) is 16.7. The predicted molar refractivity (Wildman–Crippen MR) is 204 cm³/mol. The van der Waals surface area contributed by atoms with Gasteiger partial charge in [0.25, 0.3) is 5.79 Å². The van der Waals surface area contributed by atoms with Crippen LogP contribution in [0.3, 0.4) is 0 Å². The maximum atomic E-state index is 13.0. The second-order valence-electron chi connectivity index (χ2n) is 16.7. The van der Waals surface area contributed by atoms with E-state index in [9.17, 15) is 91.0 Å². The highest BCUT2D eigenvalue weighted by atomic mass is 16.8. The van der Waals surface area contributed by atoms with E-state index in [0.29, 0.717) is 0 Å². The molecule has 5 aliphatic heterocycles. The SMILES string of the molecule is CC(=O)N[C@H]1[C@H](O[C@@H]2[C@@H](O)[C@H](O)O[C@H](CO)[C@@H]2O)O[C@H](CO)[C@@H](O[C@@H]2O[C@H](CO)C[C@H](O[C@]3(C(=O)O)C[C@H](O)[C@@H](NC(C)=O)[C@H]([C@H](O)[C@H](O)CO)O3)[C@H]2O)[C@@H]1O[C@@H]1O[C@@H](C)[C@@H](O)[C@@H](O)[C@@H]1O. The Labute approximate surface area is 374 Å². The number of carbonyl (C=O) groups is 3. The van der Waals surface area contributed by atoms with Crippen molar-refractivity contribution >= 4 is 17.8 Å². The first kappa shape index (κ1) is 54.4. The predicted octanol–water partition coefficient (Wildman–Crippen LogP) is -10.4. The number of aliphatic hydroxyl groups excluding tert-OH is 14. The van der Waals surface area contributed by atoms with Gasteiger partial charge in [-0.1, -0.05) is 0 Å². The minimum atomic E-state index is -3.02. The zero-order chi connectivity index (χ0) is 49.1. The van der Waals surface area contributed by atoms with Crippen LogP contribution in [0.1, 0.15) is 33.6 Å². The average molecular weight is 967 g/mol. The summed E-state index contributed by atoms with van der Waals surface area (Å²) in [6.45, 7) is -0.556. The molecular formula is C37H62N2O27. The molecule has 2 amide bonds. The molecule has 0 bridgehead atoms. The Balaban J connectivity index is 1.52. The molecule has 5 saturated heterocycles. The number of carboxylic acid groups (broad SMARTS) is 1. The highest BCUT2D eigenvalue weighted by molar-refractivity contribution is 5.76. The summed E-state index contributed by atoms with van der Waals surface area (Å²) in [5.74, 6) is -6.61. The van der Waals surface area contributed by atoms with Gasteiger partial charge in [0.2, 0.25) is 11.8 Å². The van der Waals surface area contributed by atoms with Gasteiger partial charge in [0, 0.05) is 26.7 Å². The van der Waals surface area contributed by atoms with Crippen LogP contribution < -0.4 is 10.6 Å². The smallest absolute Gasteiger partial charge is 0.364 e. The lowest BCUT2D eigenvalue weighted by Gasteiger charge is -2.51. The van der Waals surface area contributed by atoms with Crippen molar-refractivity contribution in [1.29, 1.82) is 0 Å². The fraction of sp³-hybridized carbons (Fsp3) is 0.919. The fourth-order valence-electron chi connectivity index (χ4n) is 8.44. The number of aliphatic hydroxyl groups is 14. The van der Waals surface area contributed by atoms with Gasteiger partial charge < -0.3 is 130 Å². The second kappa shape index (κ2) is 22.9. The molecule has 0 aromatic rings. The topological polar surface area (TPSA) is 462 Å². The fourth-order valence-corrected chi connectivity index (χ4v) is 8.44. The number of rotatable bonds is 17. The van der Waals surface area contributed by atoms with Crippen molar-refractivity contribution in [3.63, 3.8) is 0 Å². The van der Waals surface area contributed by atoms with Gasteiger partial charge >= 0.3 is 5.97 Å². The summed E-state index contributed by atoms with van der Waals surface area (Å²) in [5.41, 5.74) is 0. The van der Waals surface area contributed by atoms with Crippen molar-refractivity contribution in [3.05, 3.63) is 0 Å². The van der Waals surface area contributed by atoms with E-state index in [4.69, 9.17) is 42.6 Å². The largest absolute Gasteiger partial charge is 0.477 e. The Bertz CT molecular complexity index is 1610. The van der Waals surface area contributed by atoms with Gasteiger partial charge in [-0.05, 0) is 6.92 Å². The quantitative estimate of drug-likeness (QED) is 0.0643. The number of nitrogens with one attached hydrogen (secondary N) is 2. The Morgan fingerprint density at radius 3 is 1.83 bits per heavy atom. The summed E-state index contributed by atoms with van der Waals surface area (Å²) in [6, 6.07) is -3.35. The molecule has 5 fully saturated rings. The van der Waals surface area contributed by atoms with E-state index in [1.165, 1.54) is 6.92 Å². The van der Waals surface area contributed by atoms with Crippen molar-refractivity contribution < 1.29 is 134 Å². The van der Waals surface area contributed by atoms with Gasteiger partial charge in [-0.25, -0.2) is 4.79 Å². The number of hydrogen-bond acceptors (Lipinski definition) is 26. The molecule has 0 unspecified atom stereocenters. The summed E-state index contributed by atoms with van der Waals surface area (Å²) in [4.78, 5) is 37.9. The third-order valence-electron chi connectivity index (χ3n) is 11.9. The van der Waals surface area contributed by atoms with Crippen LogP contribution in [0, 0.1) is 0 Å². The van der Waals surface area contributed by atoms with Gasteiger partial charge in [-0.2, -0.15) is 0 Å².